The fourth-order valence-electron chi connectivity index (χ4n) is 4.01. The van der Waals surface area contributed by atoms with E-state index in [2.05, 4.69) is 4.98 Å². The van der Waals surface area contributed by atoms with E-state index in [4.69, 9.17) is 0 Å². The first-order valence-electron chi connectivity index (χ1n) is 9.79. The molecule has 2 heterocycles. The lowest BCUT2D eigenvalue weighted by Crippen LogP contribution is -2.39. The number of nitrogens with zero attached hydrogens (tertiary/aromatic N) is 1. The standard InChI is InChI=1S/C23H24N2O3/c26-18-9-7-16(8-10-18)5-6-17-11-13-25(14-12-17)23(28)20-15-22(27)24-21-4-2-1-3-19(20)21/h1-4,7-10,15,17,26H,5-6,11-14H2,(H,24,27). The van der Waals surface area contributed by atoms with Crippen molar-refractivity contribution in [2.75, 3.05) is 13.1 Å². The van der Waals surface area contributed by atoms with E-state index in [1.807, 2.05) is 41.3 Å². The van der Waals surface area contributed by atoms with Crippen molar-refractivity contribution < 1.29 is 9.90 Å². The lowest BCUT2D eigenvalue weighted by Gasteiger charge is -2.32. The smallest absolute Gasteiger partial charge is 0.254 e. The topological polar surface area (TPSA) is 73.4 Å². The molecule has 0 unspecified atom stereocenters. The monoisotopic (exact) mass is 376 g/mol. The molecule has 3 aromatic rings. The summed E-state index contributed by atoms with van der Waals surface area (Å²) in [4.78, 5) is 29.6. The number of phenolic OH excluding ortho intramolecular Hbond substituents is 1. The van der Waals surface area contributed by atoms with Crippen LogP contribution in [0.25, 0.3) is 10.9 Å². The number of phenols is 1. The molecule has 1 fully saturated rings. The van der Waals surface area contributed by atoms with Crippen LogP contribution in [0, 0.1) is 5.92 Å². The maximum Gasteiger partial charge on any atom is 0.254 e. The molecule has 1 aliphatic rings. The molecular formula is C23H24N2O3. The molecule has 0 spiro atoms. The number of likely N-dealkylation sites (tertiary alicyclic amines) is 1. The second kappa shape index (κ2) is 7.89. The van der Waals surface area contributed by atoms with Gasteiger partial charge >= 0.3 is 0 Å². The summed E-state index contributed by atoms with van der Waals surface area (Å²) in [7, 11) is 0. The van der Waals surface area contributed by atoms with Crippen molar-refractivity contribution in [3.8, 4) is 5.75 Å². The van der Waals surface area contributed by atoms with Crippen LogP contribution in [0.15, 0.2) is 59.4 Å². The molecule has 28 heavy (non-hydrogen) atoms. The zero-order chi connectivity index (χ0) is 19.5. The maximum absolute atomic E-state index is 13.0. The summed E-state index contributed by atoms with van der Waals surface area (Å²) in [6, 6.07) is 16.2. The number of aryl methyl sites for hydroxylation is 1. The Balaban J connectivity index is 1.39. The van der Waals surface area contributed by atoms with Crippen LogP contribution in [0.2, 0.25) is 0 Å². The number of amides is 1. The van der Waals surface area contributed by atoms with Crippen molar-refractivity contribution in [2.45, 2.75) is 25.7 Å². The molecule has 1 aliphatic heterocycles. The number of H-pyrrole nitrogens is 1. The fraction of sp³-hybridized carbons (Fsp3) is 0.304. The Kier molecular flexibility index (Phi) is 5.15. The van der Waals surface area contributed by atoms with Crippen LogP contribution >= 0.6 is 0 Å². The minimum absolute atomic E-state index is 0.0562. The highest BCUT2D eigenvalue weighted by Crippen LogP contribution is 2.25. The summed E-state index contributed by atoms with van der Waals surface area (Å²) in [5, 5.41) is 10.2. The minimum atomic E-state index is -0.245. The van der Waals surface area contributed by atoms with Gasteiger partial charge < -0.3 is 15.0 Å². The van der Waals surface area contributed by atoms with Crippen molar-refractivity contribution in [1.29, 1.82) is 0 Å². The Bertz CT molecular complexity index is 1030. The molecule has 1 saturated heterocycles. The third kappa shape index (κ3) is 3.93. The number of aromatic hydroxyl groups is 1. The fourth-order valence-corrected chi connectivity index (χ4v) is 4.01. The number of carbonyl (C=O) groups excluding carboxylic acids is 1. The molecule has 0 aliphatic carbocycles. The first kappa shape index (κ1) is 18.3. The van der Waals surface area contributed by atoms with Crippen molar-refractivity contribution in [3.63, 3.8) is 0 Å². The molecule has 0 atom stereocenters. The minimum Gasteiger partial charge on any atom is -0.508 e. The molecule has 0 radical (unpaired) electrons. The van der Waals surface area contributed by atoms with Gasteiger partial charge in [0.2, 0.25) is 5.56 Å². The average Bonchev–Trinajstić information content (AvgIpc) is 2.72. The van der Waals surface area contributed by atoms with Crippen molar-refractivity contribution in [1.82, 2.24) is 9.88 Å². The van der Waals surface area contributed by atoms with Crippen LogP contribution in [0.3, 0.4) is 0 Å². The number of piperidine rings is 1. The number of para-hydroxylation sites is 1. The van der Waals surface area contributed by atoms with Gasteiger partial charge in [-0.2, -0.15) is 0 Å². The molecular weight excluding hydrogens is 352 g/mol. The molecule has 2 aromatic carbocycles. The SMILES string of the molecule is O=C(c1cc(=O)[nH]c2ccccc12)N1CCC(CCc2ccc(O)cc2)CC1. The highest BCUT2D eigenvalue weighted by atomic mass is 16.3. The number of hydrogen-bond donors (Lipinski definition) is 2. The van der Waals surface area contributed by atoms with Crippen LogP contribution in [-0.4, -0.2) is 34.0 Å². The number of hydrogen-bond acceptors (Lipinski definition) is 3. The Morgan fingerprint density at radius 3 is 2.54 bits per heavy atom. The van der Waals surface area contributed by atoms with Gasteiger partial charge in [-0.05, 0) is 55.4 Å². The number of benzene rings is 2. The number of pyridine rings is 1. The third-order valence-corrected chi connectivity index (χ3v) is 5.66. The third-order valence-electron chi connectivity index (χ3n) is 5.66. The number of nitrogens with one attached hydrogen (secondary N) is 1. The predicted octanol–water partition coefficient (Wildman–Crippen LogP) is 3.72. The molecule has 0 bridgehead atoms. The van der Waals surface area contributed by atoms with Crippen LogP contribution in [0.1, 0.15) is 35.2 Å². The van der Waals surface area contributed by atoms with Crippen LogP contribution in [-0.2, 0) is 6.42 Å². The zero-order valence-electron chi connectivity index (χ0n) is 15.7. The predicted molar refractivity (Wildman–Crippen MR) is 110 cm³/mol. The summed E-state index contributed by atoms with van der Waals surface area (Å²) in [5.41, 5.74) is 2.17. The van der Waals surface area contributed by atoms with Gasteiger partial charge in [0.05, 0.1) is 5.56 Å². The maximum atomic E-state index is 13.0. The number of rotatable bonds is 4. The van der Waals surface area contributed by atoms with E-state index in [9.17, 15) is 14.7 Å². The first-order chi connectivity index (χ1) is 13.6. The summed E-state index contributed by atoms with van der Waals surface area (Å²) < 4.78 is 0. The first-order valence-corrected chi connectivity index (χ1v) is 9.79. The van der Waals surface area contributed by atoms with Crippen molar-refractivity contribution in [2.24, 2.45) is 5.92 Å². The van der Waals surface area contributed by atoms with Gasteiger partial charge in [-0.15, -0.1) is 0 Å². The Labute approximate surface area is 163 Å². The van der Waals surface area contributed by atoms with Crippen LogP contribution in [0.4, 0.5) is 0 Å². The molecule has 5 nitrogen and oxygen atoms in total. The Morgan fingerprint density at radius 1 is 1.07 bits per heavy atom. The molecule has 2 N–H and O–H groups in total. The van der Waals surface area contributed by atoms with Crippen LogP contribution < -0.4 is 5.56 Å². The van der Waals surface area contributed by atoms with Gasteiger partial charge in [0.1, 0.15) is 5.75 Å². The summed E-state index contributed by atoms with van der Waals surface area (Å²) in [5.74, 6) is 0.830. The van der Waals surface area contributed by atoms with Gasteiger partial charge in [0.15, 0.2) is 0 Å². The van der Waals surface area contributed by atoms with Gasteiger partial charge in [0.25, 0.3) is 5.91 Å². The van der Waals surface area contributed by atoms with Crippen molar-refractivity contribution >= 4 is 16.8 Å². The van der Waals surface area contributed by atoms with E-state index < -0.39 is 0 Å². The second-order valence-electron chi connectivity index (χ2n) is 7.53. The molecule has 0 saturated carbocycles. The zero-order valence-corrected chi connectivity index (χ0v) is 15.7. The van der Waals surface area contributed by atoms with E-state index in [0.717, 1.165) is 44.2 Å². The number of carbonyl (C=O) groups is 1. The lowest BCUT2D eigenvalue weighted by atomic mass is 9.90. The number of aromatic amines is 1. The molecule has 4 rings (SSSR count). The molecule has 1 aromatic heterocycles. The van der Waals surface area contributed by atoms with Gasteiger partial charge in [-0.1, -0.05) is 30.3 Å². The number of fused-ring (bicyclic) bond motifs is 1. The Morgan fingerprint density at radius 2 is 1.79 bits per heavy atom. The van der Waals surface area contributed by atoms with Crippen LogP contribution in [0.5, 0.6) is 5.75 Å². The quantitative estimate of drug-likeness (QED) is 0.729. The second-order valence-corrected chi connectivity index (χ2v) is 7.53. The average molecular weight is 376 g/mol. The van der Waals surface area contributed by atoms with Crippen molar-refractivity contribution in [3.05, 3.63) is 76.1 Å². The van der Waals surface area contributed by atoms with E-state index in [1.54, 1.807) is 12.1 Å². The van der Waals surface area contributed by atoms with E-state index >= 15 is 0 Å². The summed E-state index contributed by atoms with van der Waals surface area (Å²) >= 11 is 0. The lowest BCUT2D eigenvalue weighted by molar-refractivity contribution is 0.0688. The highest BCUT2D eigenvalue weighted by molar-refractivity contribution is 6.05. The van der Waals surface area contributed by atoms with Gasteiger partial charge in [-0.3, -0.25) is 9.59 Å². The molecule has 5 heteroatoms. The van der Waals surface area contributed by atoms with E-state index in [1.165, 1.54) is 11.6 Å². The molecule has 144 valence electrons. The molecule has 1 amide bonds. The highest BCUT2D eigenvalue weighted by Gasteiger charge is 2.25. The van der Waals surface area contributed by atoms with Gasteiger partial charge in [-0.25, -0.2) is 0 Å². The van der Waals surface area contributed by atoms with E-state index in [0.29, 0.717) is 22.7 Å². The van der Waals surface area contributed by atoms with Gasteiger partial charge in [0, 0.05) is 30.1 Å². The number of aromatic nitrogens is 1. The van der Waals surface area contributed by atoms with E-state index in [-0.39, 0.29) is 11.5 Å². The normalized spacial score (nSPS) is 15.1. The Hall–Kier alpha value is -3.08. The summed E-state index contributed by atoms with van der Waals surface area (Å²) in [6.45, 7) is 1.44. The summed E-state index contributed by atoms with van der Waals surface area (Å²) in [6.07, 6.45) is 4.02. The largest absolute Gasteiger partial charge is 0.508 e.